The van der Waals surface area contributed by atoms with Crippen LogP contribution in [0.5, 0.6) is 0 Å². The molecule has 0 amide bonds. The summed E-state index contributed by atoms with van der Waals surface area (Å²) < 4.78 is 33.0. The summed E-state index contributed by atoms with van der Waals surface area (Å²) in [5.41, 5.74) is 5.32. The van der Waals surface area contributed by atoms with E-state index in [-0.39, 0.29) is 13.0 Å². The van der Waals surface area contributed by atoms with E-state index < -0.39 is 45.1 Å². The van der Waals surface area contributed by atoms with E-state index in [0.717, 1.165) is 77.0 Å². The van der Waals surface area contributed by atoms with Crippen LogP contribution in [-0.2, 0) is 32.7 Å². The number of aliphatic carboxylic acids is 1. The lowest BCUT2D eigenvalue weighted by Gasteiger charge is -2.20. The zero-order valence-electron chi connectivity index (χ0n) is 30.9. The molecule has 0 radical (unpaired) electrons. The van der Waals surface area contributed by atoms with Crippen molar-refractivity contribution in [2.24, 2.45) is 5.73 Å². The van der Waals surface area contributed by atoms with Crippen molar-refractivity contribution < 1.29 is 42.7 Å². The molecular weight excluding hydrogens is 669 g/mol. The first-order chi connectivity index (χ1) is 24.7. The van der Waals surface area contributed by atoms with Crippen molar-refractivity contribution >= 4 is 19.8 Å². The number of phosphoric ester groups is 1. The zero-order valence-corrected chi connectivity index (χ0v) is 31.8. The summed E-state index contributed by atoms with van der Waals surface area (Å²) in [6, 6.07) is -1.49. The minimum Gasteiger partial charge on any atom is -0.480 e. The predicted molar refractivity (Wildman–Crippen MR) is 207 cm³/mol. The quantitative estimate of drug-likeness (QED) is 0.0257. The van der Waals surface area contributed by atoms with Gasteiger partial charge in [0.2, 0.25) is 0 Å². The third-order valence-corrected chi connectivity index (χ3v) is 7.81. The van der Waals surface area contributed by atoms with Crippen molar-refractivity contribution in [2.75, 3.05) is 26.4 Å². The van der Waals surface area contributed by atoms with Crippen LogP contribution in [0.3, 0.4) is 0 Å². The molecular formula is C40H64NO9P. The number of allylic oxidation sites excluding steroid dienone is 16. The molecule has 11 heteroatoms. The van der Waals surface area contributed by atoms with Gasteiger partial charge in [0.25, 0.3) is 0 Å². The van der Waals surface area contributed by atoms with Gasteiger partial charge in [-0.25, -0.2) is 4.57 Å². The van der Waals surface area contributed by atoms with Gasteiger partial charge in [-0.3, -0.25) is 18.6 Å². The van der Waals surface area contributed by atoms with Crippen LogP contribution in [0.1, 0.15) is 104 Å². The van der Waals surface area contributed by atoms with Crippen molar-refractivity contribution in [1.29, 1.82) is 0 Å². The first kappa shape index (κ1) is 47.9. The molecule has 3 atom stereocenters. The number of carboxylic acids is 1. The van der Waals surface area contributed by atoms with E-state index in [9.17, 15) is 19.0 Å². The van der Waals surface area contributed by atoms with Crippen molar-refractivity contribution in [3.63, 3.8) is 0 Å². The fourth-order valence-corrected chi connectivity index (χ4v) is 4.84. The Morgan fingerprint density at radius 2 is 1.06 bits per heavy atom. The highest BCUT2D eigenvalue weighted by atomic mass is 31.2. The first-order valence-electron chi connectivity index (χ1n) is 18.3. The molecule has 0 saturated carbocycles. The number of unbranched alkanes of at least 4 members (excludes halogenated alkanes) is 3. The van der Waals surface area contributed by atoms with Crippen molar-refractivity contribution in [2.45, 2.75) is 116 Å². The summed E-state index contributed by atoms with van der Waals surface area (Å²) in [5.74, 6) is -1.86. The summed E-state index contributed by atoms with van der Waals surface area (Å²) in [5, 5.41) is 8.86. The number of hydrogen-bond acceptors (Lipinski definition) is 8. The lowest BCUT2D eigenvalue weighted by molar-refractivity contribution is -0.154. The molecule has 0 heterocycles. The minimum atomic E-state index is -4.64. The minimum absolute atomic E-state index is 0.0451. The molecule has 0 aliphatic carbocycles. The van der Waals surface area contributed by atoms with Gasteiger partial charge in [0.05, 0.1) is 19.8 Å². The second-order valence-corrected chi connectivity index (χ2v) is 13.0. The van der Waals surface area contributed by atoms with E-state index in [4.69, 9.17) is 24.8 Å². The second kappa shape index (κ2) is 35.3. The average molecular weight is 734 g/mol. The molecule has 0 aromatic carbocycles. The van der Waals surface area contributed by atoms with E-state index in [1.165, 1.54) is 0 Å². The Bertz CT molecular complexity index is 1170. The Morgan fingerprint density at radius 1 is 0.627 bits per heavy atom. The molecule has 288 valence electrons. The van der Waals surface area contributed by atoms with Crippen LogP contribution in [0.4, 0.5) is 0 Å². The normalized spacial score (nSPS) is 15.2. The fourth-order valence-electron chi connectivity index (χ4n) is 4.07. The van der Waals surface area contributed by atoms with Gasteiger partial charge < -0.3 is 25.2 Å². The van der Waals surface area contributed by atoms with Gasteiger partial charge in [-0.2, -0.15) is 0 Å². The number of phosphoric acid groups is 1. The van der Waals surface area contributed by atoms with Gasteiger partial charge >= 0.3 is 19.8 Å². The van der Waals surface area contributed by atoms with Crippen LogP contribution in [0.2, 0.25) is 0 Å². The molecule has 51 heavy (non-hydrogen) atoms. The summed E-state index contributed by atoms with van der Waals surface area (Å²) >= 11 is 0. The van der Waals surface area contributed by atoms with Gasteiger partial charge in [0.1, 0.15) is 12.1 Å². The molecule has 3 unspecified atom stereocenters. The smallest absolute Gasteiger partial charge is 0.472 e. The second-order valence-electron chi connectivity index (χ2n) is 11.6. The van der Waals surface area contributed by atoms with E-state index >= 15 is 0 Å². The van der Waals surface area contributed by atoms with Crippen LogP contribution < -0.4 is 5.73 Å². The van der Waals surface area contributed by atoms with E-state index in [2.05, 4.69) is 116 Å². The average Bonchev–Trinajstić information content (AvgIpc) is 3.10. The summed E-state index contributed by atoms with van der Waals surface area (Å²) in [6.45, 7) is 3.40. The van der Waals surface area contributed by atoms with Crippen molar-refractivity contribution in [3.8, 4) is 0 Å². The number of hydrogen-bond donors (Lipinski definition) is 3. The van der Waals surface area contributed by atoms with Gasteiger partial charge in [-0.1, -0.05) is 111 Å². The highest BCUT2D eigenvalue weighted by Gasteiger charge is 2.27. The largest absolute Gasteiger partial charge is 0.480 e. The number of nitrogens with two attached hydrogens (primary N) is 1. The lowest BCUT2D eigenvalue weighted by atomic mass is 10.2. The molecule has 0 bridgehead atoms. The van der Waals surface area contributed by atoms with Gasteiger partial charge in [0, 0.05) is 13.0 Å². The molecule has 4 N–H and O–H groups in total. The number of carboxylic acid groups (broad SMARTS) is 1. The number of carbonyl (C=O) groups is 2. The maximum atomic E-state index is 12.5. The molecule has 0 spiro atoms. The van der Waals surface area contributed by atoms with Gasteiger partial charge in [0.15, 0.2) is 0 Å². The Morgan fingerprint density at radius 3 is 1.53 bits per heavy atom. The van der Waals surface area contributed by atoms with Gasteiger partial charge in [-0.15, -0.1) is 0 Å². The predicted octanol–water partition coefficient (Wildman–Crippen LogP) is 9.41. The molecule has 0 fully saturated rings. The Balaban J connectivity index is 4.53. The summed E-state index contributed by atoms with van der Waals surface area (Å²) in [4.78, 5) is 33.3. The Kier molecular flexibility index (Phi) is 33.1. The SMILES string of the molecule is CC/C=C\C/C=C\C/C=C\C/C=C\CCCCC(=O)OC(COCCC/C=C\C/C=C\C/C=C\C/C=C\CC)COP(=O)(O)OCC(N)C(=O)O. The van der Waals surface area contributed by atoms with Crippen molar-refractivity contribution in [3.05, 3.63) is 97.2 Å². The van der Waals surface area contributed by atoms with Crippen LogP contribution in [0.25, 0.3) is 0 Å². The van der Waals surface area contributed by atoms with Crippen LogP contribution in [0, 0.1) is 0 Å². The molecule has 0 aromatic rings. The standard InChI is InChI=1S/C40H64NO9P/c1-3-5-7-9-11-13-15-17-19-20-22-24-26-28-30-32-39(42)50-37(35-48-51(45,46)49-36-38(41)40(43)44)34-47-33-31-29-27-25-23-21-18-16-14-12-10-8-6-4-2/h5-8,11-14,17-19,21-22,24-25,27,37-38H,3-4,9-10,15-16,20,23,26,28-36,41H2,1-2H3,(H,43,44)(H,45,46)/b7-5-,8-6-,13-11-,14-12-,19-17-,21-18-,24-22-,27-25-. The third kappa shape index (κ3) is 35.1. The summed E-state index contributed by atoms with van der Waals surface area (Å²) in [6.07, 6.45) is 44.8. The van der Waals surface area contributed by atoms with Crippen LogP contribution in [-0.4, -0.2) is 60.5 Å². The van der Waals surface area contributed by atoms with Crippen LogP contribution in [0.15, 0.2) is 97.2 Å². The monoisotopic (exact) mass is 733 g/mol. The number of rotatable bonds is 33. The number of ether oxygens (including phenoxy) is 2. The van der Waals surface area contributed by atoms with Crippen LogP contribution >= 0.6 is 7.82 Å². The Hall–Kier alpha value is -3.11. The molecule has 0 rings (SSSR count). The van der Waals surface area contributed by atoms with Crippen molar-refractivity contribution in [1.82, 2.24) is 0 Å². The lowest BCUT2D eigenvalue weighted by Crippen LogP contribution is -2.34. The molecule has 0 aromatic heterocycles. The summed E-state index contributed by atoms with van der Waals surface area (Å²) in [7, 11) is -4.64. The zero-order chi connectivity index (χ0) is 37.7. The Labute approximate surface area is 307 Å². The molecule has 0 saturated heterocycles. The van der Waals surface area contributed by atoms with E-state index in [0.29, 0.717) is 13.0 Å². The maximum absolute atomic E-state index is 12.5. The number of esters is 1. The first-order valence-corrected chi connectivity index (χ1v) is 19.8. The molecule has 0 aliphatic heterocycles. The van der Waals surface area contributed by atoms with Gasteiger partial charge in [-0.05, 0) is 83.5 Å². The maximum Gasteiger partial charge on any atom is 0.472 e. The highest BCUT2D eigenvalue weighted by molar-refractivity contribution is 7.47. The van der Waals surface area contributed by atoms with E-state index in [1.807, 2.05) is 0 Å². The van der Waals surface area contributed by atoms with E-state index in [1.54, 1.807) is 0 Å². The third-order valence-electron chi connectivity index (χ3n) is 6.86. The molecule has 0 aliphatic rings. The molecule has 10 nitrogen and oxygen atoms in total. The highest BCUT2D eigenvalue weighted by Crippen LogP contribution is 2.43. The topological polar surface area (TPSA) is 155 Å². The fraction of sp³-hybridized carbons (Fsp3) is 0.550. The number of carbonyl (C=O) groups excluding carboxylic acids is 1.